The summed E-state index contributed by atoms with van der Waals surface area (Å²) in [6, 6.07) is 11.2. The molecular weight excluding hydrogens is 202 g/mol. The van der Waals surface area contributed by atoms with Gasteiger partial charge in [-0.1, -0.05) is 30.3 Å². The number of nitrogens with one attached hydrogen (secondary N) is 2. The molecule has 4 heteroatoms. The van der Waals surface area contributed by atoms with Crippen molar-refractivity contribution >= 4 is 0 Å². The van der Waals surface area contributed by atoms with Crippen LogP contribution in [-0.2, 0) is 6.54 Å². The Morgan fingerprint density at radius 3 is 2.75 bits per heavy atom. The van der Waals surface area contributed by atoms with Gasteiger partial charge in [-0.2, -0.15) is 0 Å². The molecule has 0 saturated heterocycles. The molecule has 0 atom stereocenters. The number of H-pyrrole nitrogens is 1. The maximum absolute atomic E-state index is 11.4. The van der Waals surface area contributed by atoms with Gasteiger partial charge in [0.2, 0.25) is 0 Å². The van der Waals surface area contributed by atoms with E-state index in [2.05, 4.69) is 15.3 Å². The Kier molecular flexibility index (Phi) is 3.12. The summed E-state index contributed by atoms with van der Waals surface area (Å²) < 4.78 is 0. The van der Waals surface area contributed by atoms with Crippen LogP contribution in [0.2, 0.25) is 0 Å². The van der Waals surface area contributed by atoms with E-state index in [0.29, 0.717) is 18.1 Å². The lowest BCUT2D eigenvalue weighted by atomic mass is 10.1. The topological polar surface area (TPSA) is 57.8 Å². The highest BCUT2D eigenvalue weighted by Gasteiger charge is 2.02. The van der Waals surface area contributed by atoms with Gasteiger partial charge in [0.25, 0.3) is 5.56 Å². The second-order valence-electron chi connectivity index (χ2n) is 3.47. The molecule has 1 aromatic carbocycles. The first-order valence-corrected chi connectivity index (χ1v) is 5.10. The molecule has 2 aromatic rings. The summed E-state index contributed by atoms with van der Waals surface area (Å²) in [5, 5.41) is 2.96. The van der Waals surface area contributed by atoms with E-state index >= 15 is 0 Å². The summed E-state index contributed by atoms with van der Waals surface area (Å²) >= 11 is 0. The van der Waals surface area contributed by atoms with Crippen molar-refractivity contribution < 1.29 is 0 Å². The van der Waals surface area contributed by atoms with Gasteiger partial charge in [0.05, 0.1) is 12.2 Å². The summed E-state index contributed by atoms with van der Waals surface area (Å²) in [4.78, 5) is 18.5. The van der Waals surface area contributed by atoms with E-state index < -0.39 is 0 Å². The smallest absolute Gasteiger partial charge is 0.251 e. The molecule has 0 fully saturated rings. The van der Waals surface area contributed by atoms with E-state index in [9.17, 15) is 4.79 Å². The standard InChI is InChI=1S/C12H13N3O/c1-13-8-11-14-10(7-12(16)15-11)9-5-3-2-4-6-9/h2-7,13H,8H2,1H3,(H,14,15,16). The Bertz CT molecular complexity index is 519. The molecule has 0 aliphatic carbocycles. The van der Waals surface area contributed by atoms with Crippen molar-refractivity contribution in [1.82, 2.24) is 15.3 Å². The minimum absolute atomic E-state index is 0.126. The van der Waals surface area contributed by atoms with Gasteiger partial charge >= 0.3 is 0 Å². The average molecular weight is 215 g/mol. The van der Waals surface area contributed by atoms with Crippen LogP contribution in [0.1, 0.15) is 5.82 Å². The third-order valence-corrected chi connectivity index (χ3v) is 2.20. The molecule has 4 nitrogen and oxygen atoms in total. The van der Waals surface area contributed by atoms with Crippen LogP contribution in [0.4, 0.5) is 0 Å². The molecule has 1 heterocycles. The highest BCUT2D eigenvalue weighted by molar-refractivity contribution is 5.58. The molecule has 0 radical (unpaired) electrons. The van der Waals surface area contributed by atoms with E-state index in [0.717, 1.165) is 5.56 Å². The van der Waals surface area contributed by atoms with Crippen LogP contribution in [0, 0.1) is 0 Å². The Balaban J connectivity index is 2.45. The maximum Gasteiger partial charge on any atom is 0.251 e. The van der Waals surface area contributed by atoms with Crippen LogP contribution in [-0.4, -0.2) is 17.0 Å². The second-order valence-corrected chi connectivity index (χ2v) is 3.47. The van der Waals surface area contributed by atoms with Crippen molar-refractivity contribution in [2.75, 3.05) is 7.05 Å². The molecule has 1 aromatic heterocycles. The van der Waals surface area contributed by atoms with Crippen molar-refractivity contribution in [3.8, 4) is 11.3 Å². The Morgan fingerprint density at radius 1 is 1.31 bits per heavy atom. The van der Waals surface area contributed by atoms with Crippen LogP contribution in [0.5, 0.6) is 0 Å². The monoisotopic (exact) mass is 215 g/mol. The summed E-state index contributed by atoms with van der Waals surface area (Å²) in [6.07, 6.45) is 0. The molecule has 16 heavy (non-hydrogen) atoms. The Morgan fingerprint density at radius 2 is 2.06 bits per heavy atom. The first-order chi connectivity index (χ1) is 7.79. The summed E-state index contributed by atoms with van der Waals surface area (Å²) in [6.45, 7) is 0.552. The van der Waals surface area contributed by atoms with Gasteiger partial charge < -0.3 is 10.3 Å². The Labute approximate surface area is 93.4 Å². The maximum atomic E-state index is 11.4. The fraction of sp³-hybridized carbons (Fsp3) is 0.167. The second kappa shape index (κ2) is 4.72. The quantitative estimate of drug-likeness (QED) is 0.807. The average Bonchev–Trinajstić information content (AvgIpc) is 2.30. The molecule has 0 unspecified atom stereocenters. The third kappa shape index (κ3) is 2.35. The largest absolute Gasteiger partial charge is 0.313 e. The molecule has 2 N–H and O–H groups in total. The zero-order valence-corrected chi connectivity index (χ0v) is 9.03. The zero-order chi connectivity index (χ0) is 11.4. The predicted octanol–water partition coefficient (Wildman–Crippen LogP) is 1.16. The molecule has 0 spiro atoms. The summed E-state index contributed by atoms with van der Waals surface area (Å²) in [5.41, 5.74) is 1.53. The van der Waals surface area contributed by atoms with Gasteiger partial charge in [-0.05, 0) is 7.05 Å². The van der Waals surface area contributed by atoms with Crippen LogP contribution in [0.3, 0.4) is 0 Å². The summed E-state index contributed by atoms with van der Waals surface area (Å²) in [7, 11) is 1.81. The van der Waals surface area contributed by atoms with E-state index in [1.807, 2.05) is 37.4 Å². The molecule has 0 amide bonds. The Hall–Kier alpha value is -1.94. The molecule has 0 bridgehead atoms. The number of nitrogens with zero attached hydrogens (tertiary/aromatic N) is 1. The van der Waals surface area contributed by atoms with Crippen molar-refractivity contribution in [2.45, 2.75) is 6.54 Å². The van der Waals surface area contributed by atoms with Crippen LogP contribution in [0.25, 0.3) is 11.3 Å². The van der Waals surface area contributed by atoms with E-state index in [1.54, 1.807) is 0 Å². The lowest BCUT2D eigenvalue weighted by Crippen LogP contribution is -2.16. The van der Waals surface area contributed by atoms with Crippen molar-refractivity contribution in [3.63, 3.8) is 0 Å². The van der Waals surface area contributed by atoms with Crippen LogP contribution in [0.15, 0.2) is 41.2 Å². The van der Waals surface area contributed by atoms with Crippen LogP contribution >= 0.6 is 0 Å². The number of aromatic nitrogens is 2. The van der Waals surface area contributed by atoms with Gasteiger partial charge in [0.1, 0.15) is 5.82 Å². The minimum Gasteiger partial charge on any atom is -0.313 e. The fourth-order valence-corrected chi connectivity index (χ4v) is 1.52. The lowest BCUT2D eigenvalue weighted by Gasteiger charge is -2.03. The van der Waals surface area contributed by atoms with Crippen molar-refractivity contribution in [1.29, 1.82) is 0 Å². The third-order valence-electron chi connectivity index (χ3n) is 2.20. The molecule has 82 valence electrons. The van der Waals surface area contributed by atoms with Crippen LogP contribution < -0.4 is 10.9 Å². The molecule has 2 rings (SSSR count). The van der Waals surface area contributed by atoms with E-state index in [1.165, 1.54) is 6.07 Å². The number of rotatable bonds is 3. The first-order valence-electron chi connectivity index (χ1n) is 5.10. The molecule has 0 aliphatic rings. The fourth-order valence-electron chi connectivity index (χ4n) is 1.52. The van der Waals surface area contributed by atoms with Gasteiger partial charge in [-0.3, -0.25) is 4.79 Å². The first kappa shape index (κ1) is 10.6. The SMILES string of the molecule is CNCc1nc(-c2ccccc2)cc(=O)[nH]1. The van der Waals surface area contributed by atoms with Gasteiger partial charge in [-0.25, -0.2) is 4.98 Å². The van der Waals surface area contributed by atoms with Crippen molar-refractivity contribution in [2.24, 2.45) is 0 Å². The number of benzene rings is 1. The van der Waals surface area contributed by atoms with Gasteiger partial charge in [0.15, 0.2) is 0 Å². The van der Waals surface area contributed by atoms with E-state index in [-0.39, 0.29) is 5.56 Å². The highest BCUT2D eigenvalue weighted by atomic mass is 16.1. The number of hydrogen-bond donors (Lipinski definition) is 2. The molecule has 0 saturated carbocycles. The highest BCUT2D eigenvalue weighted by Crippen LogP contribution is 2.13. The van der Waals surface area contributed by atoms with Crippen molar-refractivity contribution in [3.05, 3.63) is 52.6 Å². The van der Waals surface area contributed by atoms with E-state index in [4.69, 9.17) is 0 Å². The van der Waals surface area contributed by atoms with Gasteiger partial charge in [0, 0.05) is 11.6 Å². The predicted molar refractivity (Wildman–Crippen MR) is 63.1 cm³/mol. The zero-order valence-electron chi connectivity index (χ0n) is 9.03. The number of hydrogen-bond acceptors (Lipinski definition) is 3. The van der Waals surface area contributed by atoms with Gasteiger partial charge in [-0.15, -0.1) is 0 Å². The summed E-state index contributed by atoms with van der Waals surface area (Å²) in [5.74, 6) is 0.647. The minimum atomic E-state index is -0.126. The molecular formula is C12H13N3O. The normalized spacial score (nSPS) is 10.3. The lowest BCUT2D eigenvalue weighted by molar-refractivity contribution is 0.754. The number of aromatic amines is 1. The molecule has 0 aliphatic heterocycles.